The molecule has 1 N–H and O–H groups in total. The molecule has 3 aromatic rings. The van der Waals surface area contributed by atoms with Crippen LogP contribution in [0, 0.1) is 0 Å². The second-order valence-corrected chi connectivity index (χ2v) is 5.00. The fourth-order valence-corrected chi connectivity index (χ4v) is 2.09. The summed E-state index contributed by atoms with van der Waals surface area (Å²) < 4.78 is 5.46. The van der Waals surface area contributed by atoms with E-state index in [0.717, 1.165) is 12.0 Å². The number of benzene rings is 1. The van der Waals surface area contributed by atoms with Crippen molar-refractivity contribution < 1.29 is 9.53 Å². The number of pyridine rings is 1. The molecule has 0 spiro atoms. The minimum absolute atomic E-state index is 0.198. The average Bonchev–Trinajstić information content (AvgIpc) is 2.63. The van der Waals surface area contributed by atoms with Crippen LogP contribution in [0.3, 0.4) is 0 Å². The maximum Gasteiger partial charge on any atom is 0.323 e. The van der Waals surface area contributed by atoms with Crippen LogP contribution in [0.15, 0.2) is 60.9 Å². The summed E-state index contributed by atoms with van der Waals surface area (Å²) in [5.74, 6) is 0.488. The number of hydrogen-bond acceptors (Lipinski definition) is 5. The Kier molecular flexibility index (Phi) is 4.76. The summed E-state index contributed by atoms with van der Waals surface area (Å²) in [5, 5.41) is 2.76. The van der Waals surface area contributed by atoms with Crippen LogP contribution in [-0.4, -0.2) is 20.9 Å². The molecule has 0 aliphatic carbocycles. The lowest BCUT2D eigenvalue weighted by molar-refractivity contribution is 0.102. The molecule has 24 heavy (non-hydrogen) atoms. The second kappa shape index (κ2) is 7.32. The lowest BCUT2D eigenvalue weighted by atomic mass is 10.1. The number of aromatic nitrogens is 3. The van der Waals surface area contributed by atoms with Gasteiger partial charge in [0.1, 0.15) is 5.82 Å². The predicted octanol–water partition coefficient (Wildman–Crippen LogP) is 3.48. The fraction of sp³-hybridized carbons (Fsp3) is 0.111. The summed E-state index contributed by atoms with van der Waals surface area (Å²) in [5.41, 5.74) is 1.70. The van der Waals surface area contributed by atoms with Gasteiger partial charge in [0, 0.05) is 24.0 Å². The molecule has 6 heteroatoms. The first-order chi connectivity index (χ1) is 11.7. The zero-order valence-electron chi connectivity index (χ0n) is 13.1. The predicted molar refractivity (Wildman–Crippen MR) is 90.1 cm³/mol. The number of nitrogens with one attached hydrogen (secondary N) is 1. The van der Waals surface area contributed by atoms with Crippen molar-refractivity contribution >= 4 is 11.7 Å². The zero-order chi connectivity index (χ0) is 16.8. The minimum atomic E-state index is -0.217. The van der Waals surface area contributed by atoms with Gasteiger partial charge in [-0.1, -0.05) is 25.1 Å². The summed E-state index contributed by atoms with van der Waals surface area (Å²) in [6.07, 6.45) is 4.03. The Morgan fingerprint density at radius 3 is 2.67 bits per heavy atom. The van der Waals surface area contributed by atoms with E-state index in [1.807, 2.05) is 25.1 Å². The van der Waals surface area contributed by atoms with Crippen LogP contribution in [-0.2, 0) is 6.42 Å². The van der Waals surface area contributed by atoms with Crippen molar-refractivity contribution in [3.63, 3.8) is 0 Å². The Hall–Kier alpha value is -3.28. The van der Waals surface area contributed by atoms with Crippen molar-refractivity contribution in [2.24, 2.45) is 0 Å². The van der Waals surface area contributed by atoms with Crippen molar-refractivity contribution in [3.8, 4) is 11.9 Å². The van der Waals surface area contributed by atoms with Crippen molar-refractivity contribution in [2.75, 3.05) is 5.32 Å². The van der Waals surface area contributed by atoms with Gasteiger partial charge < -0.3 is 10.1 Å². The van der Waals surface area contributed by atoms with Crippen molar-refractivity contribution in [2.45, 2.75) is 13.3 Å². The van der Waals surface area contributed by atoms with Gasteiger partial charge in [0.25, 0.3) is 5.91 Å². The monoisotopic (exact) mass is 320 g/mol. The summed E-state index contributed by atoms with van der Waals surface area (Å²) >= 11 is 0. The Morgan fingerprint density at radius 2 is 1.88 bits per heavy atom. The number of amides is 1. The van der Waals surface area contributed by atoms with Gasteiger partial charge in [-0.25, -0.2) is 9.97 Å². The normalized spacial score (nSPS) is 10.2. The quantitative estimate of drug-likeness (QED) is 0.779. The highest BCUT2D eigenvalue weighted by Gasteiger charge is 2.09. The van der Waals surface area contributed by atoms with E-state index in [-0.39, 0.29) is 11.9 Å². The highest BCUT2D eigenvalue weighted by molar-refractivity contribution is 6.03. The molecule has 3 rings (SSSR count). The summed E-state index contributed by atoms with van der Waals surface area (Å²) in [6.45, 7) is 2.05. The molecule has 120 valence electrons. The van der Waals surface area contributed by atoms with E-state index in [1.54, 1.807) is 42.7 Å². The summed E-state index contributed by atoms with van der Waals surface area (Å²) in [7, 11) is 0. The molecule has 1 aromatic carbocycles. The SMILES string of the molecule is CCc1cccc(C(=O)Nc2cccc(Oc3ncccn3)n2)c1. The lowest BCUT2D eigenvalue weighted by Crippen LogP contribution is -2.13. The van der Waals surface area contributed by atoms with Gasteiger partial charge in [0.05, 0.1) is 0 Å². The van der Waals surface area contributed by atoms with Crippen LogP contribution in [0.4, 0.5) is 5.82 Å². The van der Waals surface area contributed by atoms with E-state index in [4.69, 9.17) is 4.74 Å². The number of carbonyl (C=O) groups excluding carboxylic acids is 1. The highest BCUT2D eigenvalue weighted by Crippen LogP contribution is 2.17. The molecule has 0 aliphatic rings. The smallest absolute Gasteiger partial charge is 0.323 e. The zero-order valence-corrected chi connectivity index (χ0v) is 13.1. The first kappa shape index (κ1) is 15.6. The first-order valence-corrected chi connectivity index (χ1v) is 7.57. The van der Waals surface area contributed by atoms with Gasteiger partial charge in [-0.05, 0) is 36.2 Å². The Balaban J connectivity index is 1.73. The number of aryl methyl sites for hydroxylation is 1. The number of anilines is 1. The topological polar surface area (TPSA) is 77.0 Å². The molecule has 1 amide bonds. The van der Waals surface area contributed by atoms with Crippen LogP contribution in [0.2, 0.25) is 0 Å². The van der Waals surface area contributed by atoms with Crippen LogP contribution >= 0.6 is 0 Å². The summed E-state index contributed by atoms with van der Waals surface area (Å²) in [4.78, 5) is 24.5. The fourth-order valence-electron chi connectivity index (χ4n) is 2.09. The second-order valence-electron chi connectivity index (χ2n) is 5.00. The molecule has 0 unspecified atom stereocenters. The van der Waals surface area contributed by atoms with Crippen molar-refractivity contribution in [1.29, 1.82) is 0 Å². The third-order valence-corrected chi connectivity index (χ3v) is 3.30. The standard InChI is InChI=1S/C18H16N4O2/c1-2-13-6-3-7-14(12-13)17(23)22-15-8-4-9-16(21-15)24-18-19-10-5-11-20-18/h3-12H,2H2,1H3,(H,21,22,23). The van der Waals surface area contributed by atoms with Crippen LogP contribution in [0.5, 0.6) is 11.9 Å². The molecule has 2 heterocycles. The van der Waals surface area contributed by atoms with E-state index in [9.17, 15) is 4.79 Å². The van der Waals surface area contributed by atoms with E-state index >= 15 is 0 Å². The molecule has 0 atom stereocenters. The first-order valence-electron chi connectivity index (χ1n) is 7.57. The summed E-state index contributed by atoms with van der Waals surface area (Å²) in [6, 6.07) is 14.5. The number of ether oxygens (including phenoxy) is 1. The van der Waals surface area contributed by atoms with E-state index in [1.165, 1.54) is 0 Å². The molecule has 0 saturated heterocycles. The minimum Gasteiger partial charge on any atom is -0.405 e. The number of rotatable bonds is 5. The van der Waals surface area contributed by atoms with Gasteiger partial charge in [0.15, 0.2) is 0 Å². The third kappa shape index (κ3) is 3.92. The molecule has 2 aromatic heterocycles. The Labute approximate surface area is 139 Å². The Bertz CT molecular complexity index is 837. The molecule has 0 saturated carbocycles. The van der Waals surface area contributed by atoms with Gasteiger partial charge in [0.2, 0.25) is 5.88 Å². The third-order valence-electron chi connectivity index (χ3n) is 3.30. The largest absolute Gasteiger partial charge is 0.405 e. The van der Waals surface area contributed by atoms with Gasteiger partial charge >= 0.3 is 6.01 Å². The van der Waals surface area contributed by atoms with Gasteiger partial charge in [-0.2, -0.15) is 4.98 Å². The molecular formula is C18H16N4O2. The van der Waals surface area contributed by atoms with Crippen molar-refractivity contribution in [1.82, 2.24) is 15.0 Å². The van der Waals surface area contributed by atoms with Gasteiger partial charge in [-0.3, -0.25) is 4.79 Å². The Morgan fingerprint density at radius 1 is 1.08 bits per heavy atom. The molecule has 0 radical (unpaired) electrons. The molecule has 0 fully saturated rings. The lowest BCUT2D eigenvalue weighted by Gasteiger charge is -2.07. The van der Waals surface area contributed by atoms with Gasteiger partial charge in [-0.15, -0.1) is 0 Å². The van der Waals surface area contributed by atoms with Crippen LogP contribution in [0.1, 0.15) is 22.8 Å². The van der Waals surface area contributed by atoms with Crippen molar-refractivity contribution in [3.05, 3.63) is 72.1 Å². The van der Waals surface area contributed by atoms with E-state index < -0.39 is 0 Å². The average molecular weight is 320 g/mol. The number of carbonyl (C=O) groups is 1. The maximum absolute atomic E-state index is 12.3. The van der Waals surface area contributed by atoms with E-state index in [0.29, 0.717) is 17.3 Å². The molecule has 0 bridgehead atoms. The molecular weight excluding hydrogens is 304 g/mol. The van der Waals surface area contributed by atoms with Crippen LogP contribution in [0.25, 0.3) is 0 Å². The number of nitrogens with zero attached hydrogens (tertiary/aromatic N) is 3. The maximum atomic E-state index is 12.3. The highest BCUT2D eigenvalue weighted by atomic mass is 16.5. The van der Waals surface area contributed by atoms with E-state index in [2.05, 4.69) is 20.3 Å². The number of hydrogen-bond donors (Lipinski definition) is 1. The van der Waals surface area contributed by atoms with Crippen LogP contribution < -0.4 is 10.1 Å². The molecule has 6 nitrogen and oxygen atoms in total. The molecule has 0 aliphatic heterocycles.